The van der Waals surface area contributed by atoms with Crippen LogP contribution in [0.4, 0.5) is 5.82 Å². The van der Waals surface area contributed by atoms with E-state index in [1.54, 1.807) is 0 Å². The van der Waals surface area contributed by atoms with Crippen molar-refractivity contribution in [2.24, 2.45) is 0 Å². The summed E-state index contributed by atoms with van der Waals surface area (Å²) in [6.07, 6.45) is 4.51. The summed E-state index contributed by atoms with van der Waals surface area (Å²) < 4.78 is 0. The minimum Gasteiger partial charge on any atom is -0.366 e. The van der Waals surface area contributed by atoms with Crippen molar-refractivity contribution in [1.82, 2.24) is 9.97 Å². The second-order valence-corrected chi connectivity index (χ2v) is 5.14. The monoisotopic (exact) mass is 251 g/mol. The quantitative estimate of drug-likeness (QED) is 0.655. The Morgan fingerprint density at radius 3 is 2.71 bits per heavy atom. The Kier molecular flexibility index (Phi) is 3.67. The summed E-state index contributed by atoms with van der Waals surface area (Å²) in [5.74, 6) is 2.28. The zero-order valence-electron chi connectivity index (χ0n) is 10.5. The molecule has 0 spiro atoms. The maximum atomic E-state index is 6.13. The van der Waals surface area contributed by atoms with E-state index in [4.69, 9.17) is 11.6 Å². The van der Waals surface area contributed by atoms with E-state index in [0.29, 0.717) is 11.1 Å². The van der Waals surface area contributed by atoms with Crippen molar-refractivity contribution in [2.75, 3.05) is 11.9 Å². The van der Waals surface area contributed by atoms with Gasteiger partial charge in [-0.1, -0.05) is 23.3 Å². The highest BCUT2D eigenvalue weighted by Crippen LogP contribution is 2.39. The van der Waals surface area contributed by atoms with Crippen LogP contribution in [0.3, 0.4) is 0 Å². The van der Waals surface area contributed by atoms with Gasteiger partial charge in [0.25, 0.3) is 0 Å². The molecule has 0 saturated heterocycles. The summed E-state index contributed by atoms with van der Waals surface area (Å²) >= 11 is 6.13. The smallest absolute Gasteiger partial charge is 0.137 e. The summed E-state index contributed by atoms with van der Waals surface area (Å²) in [5, 5.41) is 3.87. The molecule has 0 aliphatic heterocycles. The number of allylic oxidation sites excluding steroid dienone is 1. The fourth-order valence-electron chi connectivity index (χ4n) is 1.55. The largest absolute Gasteiger partial charge is 0.366 e. The van der Waals surface area contributed by atoms with E-state index in [-0.39, 0.29) is 0 Å². The molecule has 4 heteroatoms. The summed E-state index contributed by atoms with van der Waals surface area (Å²) in [4.78, 5) is 8.89. The molecule has 92 valence electrons. The van der Waals surface area contributed by atoms with Crippen LogP contribution in [0, 0.1) is 6.92 Å². The number of hydrogen-bond acceptors (Lipinski definition) is 3. The Hall–Kier alpha value is -1.09. The number of halogens is 1. The van der Waals surface area contributed by atoms with Crippen molar-refractivity contribution in [3.8, 4) is 0 Å². The topological polar surface area (TPSA) is 37.8 Å². The molecular weight excluding hydrogens is 234 g/mol. The van der Waals surface area contributed by atoms with Crippen LogP contribution < -0.4 is 5.32 Å². The standard InChI is InChI=1S/C13H18ClN3/c1-8(2)6-7-15-12-9(3)11(14)16-13(17-12)10-4-5-10/h6,10H,4-5,7H2,1-3H3,(H,15,16,17). The lowest BCUT2D eigenvalue weighted by Gasteiger charge is -2.10. The predicted molar refractivity (Wildman–Crippen MR) is 71.7 cm³/mol. The molecule has 0 radical (unpaired) electrons. The number of nitrogens with one attached hydrogen (secondary N) is 1. The van der Waals surface area contributed by atoms with Crippen LogP contribution in [0.25, 0.3) is 0 Å². The van der Waals surface area contributed by atoms with Crippen LogP contribution in [0.5, 0.6) is 0 Å². The summed E-state index contributed by atoms with van der Waals surface area (Å²) in [7, 11) is 0. The second-order valence-electron chi connectivity index (χ2n) is 4.78. The molecule has 0 bridgehead atoms. The van der Waals surface area contributed by atoms with Crippen LogP contribution in [-0.4, -0.2) is 16.5 Å². The highest BCUT2D eigenvalue weighted by atomic mass is 35.5. The average molecular weight is 252 g/mol. The number of nitrogens with zero attached hydrogens (tertiary/aromatic N) is 2. The second kappa shape index (κ2) is 5.05. The normalized spacial score (nSPS) is 14.6. The van der Waals surface area contributed by atoms with Crippen molar-refractivity contribution in [3.05, 3.63) is 28.2 Å². The Bertz CT molecular complexity index is 446. The Balaban J connectivity index is 2.16. The van der Waals surface area contributed by atoms with Gasteiger partial charge in [0.1, 0.15) is 16.8 Å². The van der Waals surface area contributed by atoms with Crippen molar-refractivity contribution >= 4 is 17.4 Å². The first-order valence-electron chi connectivity index (χ1n) is 5.99. The third-order valence-electron chi connectivity index (χ3n) is 2.83. The Labute approximate surface area is 107 Å². The molecule has 1 fully saturated rings. The molecule has 1 aliphatic rings. The van der Waals surface area contributed by atoms with Crippen molar-refractivity contribution in [2.45, 2.75) is 39.5 Å². The van der Waals surface area contributed by atoms with Crippen LogP contribution in [0.1, 0.15) is 44.0 Å². The third kappa shape index (κ3) is 3.19. The van der Waals surface area contributed by atoms with E-state index in [1.807, 2.05) is 6.92 Å². The lowest BCUT2D eigenvalue weighted by Crippen LogP contribution is -2.07. The lowest BCUT2D eigenvalue weighted by atomic mass is 10.3. The lowest BCUT2D eigenvalue weighted by molar-refractivity contribution is 0.917. The molecule has 1 aromatic heterocycles. The highest BCUT2D eigenvalue weighted by molar-refractivity contribution is 6.30. The van der Waals surface area contributed by atoms with E-state index in [9.17, 15) is 0 Å². The number of aromatic nitrogens is 2. The van der Waals surface area contributed by atoms with E-state index in [0.717, 1.165) is 23.8 Å². The van der Waals surface area contributed by atoms with E-state index in [2.05, 4.69) is 35.2 Å². The highest BCUT2D eigenvalue weighted by Gasteiger charge is 2.27. The minimum atomic E-state index is 0.525. The number of anilines is 1. The van der Waals surface area contributed by atoms with Crippen molar-refractivity contribution in [1.29, 1.82) is 0 Å². The molecule has 0 unspecified atom stereocenters. The van der Waals surface area contributed by atoms with Crippen LogP contribution >= 0.6 is 11.6 Å². The first-order chi connectivity index (χ1) is 8.08. The maximum absolute atomic E-state index is 6.13. The molecule has 0 aromatic carbocycles. The maximum Gasteiger partial charge on any atom is 0.137 e. The molecule has 1 heterocycles. The third-order valence-corrected chi connectivity index (χ3v) is 3.19. The van der Waals surface area contributed by atoms with Crippen LogP contribution in [0.2, 0.25) is 5.15 Å². The summed E-state index contributed by atoms with van der Waals surface area (Å²) in [6, 6.07) is 0. The fourth-order valence-corrected chi connectivity index (χ4v) is 1.73. The zero-order valence-corrected chi connectivity index (χ0v) is 11.3. The van der Waals surface area contributed by atoms with E-state index in [1.165, 1.54) is 18.4 Å². The fraction of sp³-hybridized carbons (Fsp3) is 0.538. The Morgan fingerprint density at radius 1 is 1.41 bits per heavy atom. The van der Waals surface area contributed by atoms with Crippen molar-refractivity contribution in [3.63, 3.8) is 0 Å². The molecule has 1 saturated carbocycles. The van der Waals surface area contributed by atoms with Crippen LogP contribution in [-0.2, 0) is 0 Å². The van der Waals surface area contributed by atoms with Crippen LogP contribution in [0.15, 0.2) is 11.6 Å². The summed E-state index contributed by atoms with van der Waals surface area (Å²) in [5.41, 5.74) is 2.22. The molecule has 17 heavy (non-hydrogen) atoms. The van der Waals surface area contributed by atoms with Gasteiger partial charge in [0, 0.05) is 18.0 Å². The van der Waals surface area contributed by atoms with E-state index < -0.39 is 0 Å². The van der Waals surface area contributed by atoms with Gasteiger partial charge in [-0.25, -0.2) is 9.97 Å². The SMILES string of the molecule is CC(C)=CCNc1nc(C2CC2)nc(Cl)c1C. The molecule has 0 amide bonds. The molecule has 1 N–H and O–H groups in total. The van der Waals surface area contributed by atoms with Gasteiger partial charge in [0.2, 0.25) is 0 Å². The predicted octanol–water partition coefficient (Wildman–Crippen LogP) is 3.69. The first kappa shape index (κ1) is 12.4. The Morgan fingerprint density at radius 2 is 2.12 bits per heavy atom. The van der Waals surface area contributed by atoms with Gasteiger partial charge in [-0.05, 0) is 33.6 Å². The van der Waals surface area contributed by atoms with Gasteiger partial charge < -0.3 is 5.32 Å². The minimum absolute atomic E-state index is 0.525. The van der Waals surface area contributed by atoms with Gasteiger partial charge in [0.15, 0.2) is 0 Å². The van der Waals surface area contributed by atoms with Gasteiger partial charge >= 0.3 is 0 Å². The molecule has 1 aliphatic carbocycles. The molecule has 3 nitrogen and oxygen atoms in total. The van der Waals surface area contributed by atoms with Gasteiger partial charge in [0.05, 0.1) is 0 Å². The molecule has 2 rings (SSSR count). The van der Waals surface area contributed by atoms with Crippen molar-refractivity contribution < 1.29 is 0 Å². The molecule has 1 aromatic rings. The summed E-state index contributed by atoms with van der Waals surface area (Å²) in [6.45, 7) is 6.89. The molecule has 0 atom stereocenters. The first-order valence-corrected chi connectivity index (χ1v) is 6.37. The molecular formula is C13H18ClN3. The van der Waals surface area contributed by atoms with E-state index >= 15 is 0 Å². The van der Waals surface area contributed by atoms with Gasteiger partial charge in [-0.2, -0.15) is 0 Å². The van der Waals surface area contributed by atoms with Gasteiger partial charge in [-0.3, -0.25) is 0 Å². The average Bonchev–Trinajstić information content (AvgIpc) is 3.07. The number of hydrogen-bond donors (Lipinski definition) is 1. The van der Waals surface area contributed by atoms with Gasteiger partial charge in [-0.15, -0.1) is 0 Å². The zero-order chi connectivity index (χ0) is 12.4. The number of rotatable bonds is 4.